The lowest BCUT2D eigenvalue weighted by Gasteiger charge is -2.09. The predicted molar refractivity (Wildman–Crippen MR) is 64.9 cm³/mol. The average molecular weight is 196 g/mol. The van der Waals surface area contributed by atoms with Crippen LogP contribution in [-0.4, -0.2) is 11.9 Å². The van der Waals surface area contributed by atoms with Gasteiger partial charge in [-0.3, -0.25) is 0 Å². The highest BCUT2D eigenvalue weighted by Gasteiger charge is 2.17. The van der Waals surface area contributed by atoms with Crippen molar-refractivity contribution in [3.05, 3.63) is 60.2 Å². The maximum absolute atomic E-state index is 10.2. The molecule has 0 amide bonds. The zero-order valence-electron chi connectivity index (χ0n) is 8.72. The van der Waals surface area contributed by atoms with Crippen molar-refractivity contribution in [3.8, 4) is 0 Å². The van der Waals surface area contributed by atoms with E-state index < -0.39 is 6.92 Å². The van der Waals surface area contributed by atoms with Gasteiger partial charge in [-0.2, -0.15) is 0 Å². The normalized spacial score (nSPS) is 10.0. The van der Waals surface area contributed by atoms with Crippen molar-refractivity contribution in [1.82, 2.24) is 0 Å². The Morgan fingerprint density at radius 2 is 1.47 bits per heavy atom. The lowest BCUT2D eigenvalue weighted by Crippen LogP contribution is -2.43. The summed E-state index contributed by atoms with van der Waals surface area (Å²) in [5.74, 6) is 0. The first-order valence-electron chi connectivity index (χ1n) is 5.07. The van der Waals surface area contributed by atoms with Crippen molar-refractivity contribution < 1.29 is 5.02 Å². The summed E-state index contributed by atoms with van der Waals surface area (Å²) in [4.78, 5) is 0. The first-order valence-corrected chi connectivity index (χ1v) is 5.07. The second kappa shape index (κ2) is 4.32. The predicted octanol–water partition coefficient (Wildman–Crippen LogP) is 1.09. The van der Waals surface area contributed by atoms with E-state index in [2.05, 4.69) is 0 Å². The highest BCUT2D eigenvalue weighted by Crippen LogP contribution is 1.96. The fraction of sp³-hybridized carbons (Fsp3) is 0.0769. The Morgan fingerprint density at radius 3 is 2.13 bits per heavy atom. The molecule has 0 radical (unpaired) electrons. The Kier molecular flexibility index (Phi) is 2.88. The van der Waals surface area contributed by atoms with Crippen LogP contribution in [0.3, 0.4) is 0 Å². The molecule has 0 unspecified atom stereocenters. The van der Waals surface area contributed by atoms with Crippen LogP contribution < -0.4 is 10.9 Å². The molecular weight excluding hydrogens is 183 g/mol. The minimum absolute atomic E-state index is 0.521. The zero-order chi connectivity index (χ0) is 10.7. The van der Waals surface area contributed by atoms with Gasteiger partial charge in [-0.25, -0.2) is 0 Å². The second-order valence-electron chi connectivity index (χ2n) is 3.67. The van der Waals surface area contributed by atoms with E-state index in [1.807, 2.05) is 61.5 Å². The molecule has 2 aromatic rings. The molecule has 0 bridgehead atoms. The fourth-order valence-electron chi connectivity index (χ4n) is 1.71. The Bertz CT molecular complexity index is 439. The van der Waals surface area contributed by atoms with Crippen molar-refractivity contribution >= 4 is 17.8 Å². The van der Waals surface area contributed by atoms with E-state index in [-0.39, 0.29) is 0 Å². The standard InChI is InChI=1S/C13H13BO/c1-11-7-5-6-10-13(11)14(15)12-8-3-2-4-9-12/h2-10,15H,1H3. The minimum atomic E-state index is -0.521. The highest BCUT2D eigenvalue weighted by molar-refractivity contribution is 6.79. The highest BCUT2D eigenvalue weighted by atomic mass is 16.2. The molecule has 1 N–H and O–H groups in total. The first kappa shape index (κ1) is 10.00. The van der Waals surface area contributed by atoms with Crippen molar-refractivity contribution in [2.45, 2.75) is 6.92 Å². The SMILES string of the molecule is Cc1ccccc1B(O)c1ccccc1. The molecule has 0 aliphatic carbocycles. The van der Waals surface area contributed by atoms with Crippen molar-refractivity contribution in [3.63, 3.8) is 0 Å². The molecule has 2 rings (SSSR count). The lowest BCUT2D eigenvalue weighted by atomic mass is 9.55. The summed E-state index contributed by atoms with van der Waals surface area (Å²) >= 11 is 0. The molecule has 0 aliphatic heterocycles. The van der Waals surface area contributed by atoms with Gasteiger partial charge < -0.3 is 5.02 Å². The van der Waals surface area contributed by atoms with E-state index in [1.165, 1.54) is 0 Å². The molecule has 0 heterocycles. The van der Waals surface area contributed by atoms with Gasteiger partial charge in [-0.15, -0.1) is 0 Å². The third-order valence-corrected chi connectivity index (χ3v) is 2.60. The van der Waals surface area contributed by atoms with Gasteiger partial charge in [0.05, 0.1) is 0 Å². The summed E-state index contributed by atoms with van der Waals surface area (Å²) in [6.45, 7) is 1.49. The molecule has 74 valence electrons. The molecule has 15 heavy (non-hydrogen) atoms. The maximum atomic E-state index is 10.2. The van der Waals surface area contributed by atoms with Crippen LogP contribution in [0.2, 0.25) is 0 Å². The van der Waals surface area contributed by atoms with Crippen molar-refractivity contribution in [1.29, 1.82) is 0 Å². The summed E-state index contributed by atoms with van der Waals surface area (Å²) in [6.07, 6.45) is 0. The van der Waals surface area contributed by atoms with Crippen LogP contribution in [-0.2, 0) is 0 Å². The van der Waals surface area contributed by atoms with Crippen LogP contribution in [0, 0.1) is 6.92 Å². The van der Waals surface area contributed by atoms with Crippen molar-refractivity contribution in [2.75, 3.05) is 0 Å². The van der Waals surface area contributed by atoms with E-state index in [1.54, 1.807) is 0 Å². The molecule has 2 aromatic carbocycles. The number of rotatable bonds is 2. The van der Waals surface area contributed by atoms with Gasteiger partial charge in [-0.05, 0) is 17.8 Å². The maximum Gasteiger partial charge on any atom is 0.359 e. The van der Waals surface area contributed by atoms with Crippen LogP contribution in [0.5, 0.6) is 0 Å². The molecule has 0 aromatic heterocycles. The van der Waals surface area contributed by atoms with Gasteiger partial charge in [0.25, 0.3) is 0 Å². The molecule has 2 heteroatoms. The Balaban J connectivity index is 2.37. The van der Waals surface area contributed by atoms with Gasteiger partial charge in [0, 0.05) is 0 Å². The quantitative estimate of drug-likeness (QED) is 0.713. The summed E-state index contributed by atoms with van der Waals surface area (Å²) in [5, 5.41) is 10.2. The lowest BCUT2D eigenvalue weighted by molar-refractivity contribution is 0.600. The van der Waals surface area contributed by atoms with E-state index in [4.69, 9.17) is 0 Å². The number of benzene rings is 2. The van der Waals surface area contributed by atoms with Crippen LogP contribution in [0.1, 0.15) is 5.56 Å². The van der Waals surface area contributed by atoms with E-state index in [0.29, 0.717) is 0 Å². The number of hydrogen-bond donors (Lipinski definition) is 1. The van der Waals surface area contributed by atoms with Gasteiger partial charge in [0.2, 0.25) is 0 Å². The Hall–Kier alpha value is -1.54. The van der Waals surface area contributed by atoms with Crippen LogP contribution in [0.25, 0.3) is 0 Å². The molecule has 0 aliphatic rings. The van der Waals surface area contributed by atoms with Crippen molar-refractivity contribution in [2.24, 2.45) is 0 Å². The molecule has 0 spiro atoms. The first-order chi connectivity index (χ1) is 7.29. The largest absolute Gasteiger partial charge is 0.443 e. The van der Waals surface area contributed by atoms with E-state index >= 15 is 0 Å². The molecular formula is C13H13BO. The minimum Gasteiger partial charge on any atom is -0.443 e. The molecule has 0 saturated carbocycles. The molecule has 0 fully saturated rings. The summed E-state index contributed by atoms with van der Waals surface area (Å²) < 4.78 is 0. The summed E-state index contributed by atoms with van der Waals surface area (Å²) in [7, 11) is 0. The van der Waals surface area contributed by atoms with E-state index in [9.17, 15) is 5.02 Å². The Morgan fingerprint density at radius 1 is 0.867 bits per heavy atom. The van der Waals surface area contributed by atoms with Crippen LogP contribution in [0.4, 0.5) is 0 Å². The van der Waals surface area contributed by atoms with Gasteiger partial charge >= 0.3 is 6.92 Å². The fourth-order valence-corrected chi connectivity index (χ4v) is 1.71. The third kappa shape index (κ3) is 2.11. The molecule has 1 nitrogen and oxygen atoms in total. The van der Waals surface area contributed by atoms with Gasteiger partial charge in [-0.1, -0.05) is 60.2 Å². The van der Waals surface area contributed by atoms with Gasteiger partial charge in [0.1, 0.15) is 0 Å². The van der Waals surface area contributed by atoms with Crippen LogP contribution >= 0.6 is 0 Å². The topological polar surface area (TPSA) is 20.2 Å². The van der Waals surface area contributed by atoms with Crippen LogP contribution in [0.15, 0.2) is 54.6 Å². The van der Waals surface area contributed by atoms with E-state index in [0.717, 1.165) is 16.5 Å². The Labute approximate surface area is 90.5 Å². The molecule has 0 atom stereocenters. The summed E-state index contributed by atoms with van der Waals surface area (Å²) in [5.41, 5.74) is 3.03. The smallest absolute Gasteiger partial charge is 0.359 e. The second-order valence-corrected chi connectivity index (χ2v) is 3.67. The zero-order valence-corrected chi connectivity index (χ0v) is 8.72. The van der Waals surface area contributed by atoms with Gasteiger partial charge in [0.15, 0.2) is 0 Å². The number of hydrogen-bond acceptors (Lipinski definition) is 1. The molecule has 0 saturated heterocycles. The monoisotopic (exact) mass is 196 g/mol. The summed E-state index contributed by atoms with van der Waals surface area (Å²) in [6, 6.07) is 17.6. The third-order valence-electron chi connectivity index (χ3n) is 2.60. The number of aryl methyl sites for hydroxylation is 1. The average Bonchev–Trinajstić information content (AvgIpc) is 2.30.